The maximum Gasteiger partial charge on any atom is 0.259 e. The highest BCUT2D eigenvalue weighted by Gasteiger charge is 2.23. The van der Waals surface area contributed by atoms with Crippen LogP contribution in [0.3, 0.4) is 0 Å². The van der Waals surface area contributed by atoms with Crippen molar-refractivity contribution in [3.05, 3.63) is 76.3 Å². The summed E-state index contributed by atoms with van der Waals surface area (Å²) < 4.78 is 70.3. The third kappa shape index (κ3) is 6.60. The van der Waals surface area contributed by atoms with Crippen LogP contribution in [0.2, 0.25) is 25.7 Å². The number of aryl methyl sites for hydroxylation is 2. The lowest BCUT2D eigenvalue weighted by atomic mass is 10.0. The van der Waals surface area contributed by atoms with Gasteiger partial charge in [-0.05, 0) is 56.3 Å². The molecule has 0 amide bonds. The second kappa shape index (κ2) is 12.0. The smallest absolute Gasteiger partial charge is 0.259 e. The number of anilines is 1. The maximum atomic E-state index is 14.7. The Morgan fingerprint density at radius 3 is 2.33 bits per heavy atom. The van der Waals surface area contributed by atoms with Gasteiger partial charge in [0.2, 0.25) is 10.0 Å². The number of nitrogens with zero attached hydrogens (tertiary/aromatic N) is 3. The molecule has 8 nitrogen and oxygen atoms in total. The fourth-order valence-corrected chi connectivity index (χ4v) is 6.15. The molecule has 2 aromatic heterocycles. The van der Waals surface area contributed by atoms with E-state index in [0.29, 0.717) is 34.3 Å². The summed E-state index contributed by atoms with van der Waals surface area (Å²) in [6.45, 7) is 11.0. The number of halogens is 2. The van der Waals surface area contributed by atoms with Crippen molar-refractivity contribution in [3.63, 3.8) is 0 Å². The van der Waals surface area contributed by atoms with Gasteiger partial charge in [0.15, 0.2) is 11.6 Å². The molecule has 0 unspecified atom stereocenters. The molecule has 12 heteroatoms. The quantitative estimate of drug-likeness (QED) is 0.142. The number of hydrogen-bond acceptors (Lipinski definition) is 5. The largest absolute Gasteiger partial charge is 0.454 e. The van der Waals surface area contributed by atoms with Crippen LogP contribution < -0.4 is 14.6 Å². The van der Waals surface area contributed by atoms with E-state index in [9.17, 15) is 22.0 Å². The van der Waals surface area contributed by atoms with Crippen molar-refractivity contribution in [1.29, 1.82) is 0 Å². The molecule has 0 bridgehead atoms. The molecule has 0 atom stereocenters. The zero-order valence-corrected chi connectivity index (χ0v) is 26.8. The summed E-state index contributed by atoms with van der Waals surface area (Å²) in [5.74, 6) is -1.77. The molecule has 42 heavy (non-hydrogen) atoms. The first-order chi connectivity index (χ1) is 19.6. The van der Waals surface area contributed by atoms with Gasteiger partial charge in [0.25, 0.3) is 5.56 Å². The number of sulfonamides is 1. The number of benzene rings is 2. The summed E-state index contributed by atoms with van der Waals surface area (Å²) >= 11 is 0. The third-order valence-corrected chi connectivity index (χ3v) is 10.6. The summed E-state index contributed by atoms with van der Waals surface area (Å²) in [5, 5.41) is 0.445. The number of fused-ring (bicyclic) bond motifs is 1. The van der Waals surface area contributed by atoms with E-state index in [1.54, 1.807) is 38.4 Å². The van der Waals surface area contributed by atoms with E-state index >= 15 is 0 Å². The Bertz CT molecular complexity index is 1800. The Morgan fingerprint density at radius 1 is 1.00 bits per heavy atom. The number of ether oxygens (including phenoxy) is 2. The average molecular weight is 618 g/mol. The van der Waals surface area contributed by atoms with Crippen molar-refractivity contribution in [2.45, 2.75) is 46.3 Å². The zero-order valence-electron chi connectivity index (χ0n) is 25.0. The fourth-order valence-electron chi connectivity index (χ4n) is 4.58. The molecule has 0 saturated carbocycles. The minimum absolute atomic E-state index is 0.112. The van der Waals surface area contributed by atoms with Gasteiger partial charge in [0.05, 0.1) is 22.3 Å². The van der Waals surface area contributed by atoms with Gasteiger partial charge in [-0.3, -0.25) is 9.10 Å². The highest BCUT2D eigenvalue weighted by molar-refractivity contribution is 7.92. The van der Waals surface area contributed by atoms with E-state index in [0.717, 1.165) is 23.9 Å². The summed E-state index contributed by atoms with van der Waals surface area (Å²) in [4.78, 5) is 13.2. The van der Waals surface area contributed by atoms with Crippen LogP contribution in [0.1, 0.15) is 12.6 Å². The lowest BCUT2D eigenvalue weighted by molar-refractivity contribution is 0.0890. The summed E-state index contributed by atoms with van der Waals surface area (Å²) in [7, 11) is -1.86. The Morgan fingerprint density at radius 2 is 1.69 bits per heavy atom. The Balaban J connectivity index is 1.95. The molecule has 0 radical (unpaired) electrons. The predicted molar refractivity (Wildman–Crippen MR) is 166 cm³/mol. The standard InChI is InChI=1S/C30H37F2N3O5SSi/c1-8-41(37,38)34(4)22-10-12-27(40-28-11-9-21(31)16-26(28)32)23(17-22)25-18-33(3)30(36)24-15-20(2)35(29(24)25)19-39-13-14-42(5,6)7/h9-12,15-18H,8,13-14,19H2,1-7H3. The molecule has 0 aliphatic rings. The summed E-state index contributed by atoms with van der Waals surface area (Å²) in [6.07, 6.45) is 1.64. The first-order valence-corrected chi connectivity index (χ1v) is 19.0. The molecule has 226 valence electrons. The van der Waals surface area contributed by atoms with Gasteiger partial charge >= 0.3 is 0 Å². The molecule has 0 saturated heterocycles. The topological polar surface area (TPSA) is 82.8 Å². The minimum atomic E-state index is -3.61. The Kier molecular flexibility index (Phi) is 9.00. The van der Waals surface area contributed by atoms with Crippen LogP contribution in [-0.2, 0) is 28.5 Å². The van der Waals surface area contributed by atoms with Crippen LogP contribution in [0, 0.1) is 18.6 Å². The monoisotopic (exact) mass is 617 g/mol. The first kappa shape index (κ1) is 31.5. The van der Waals surface area contributed by atoms with Gasteiger partial charge in [0, 0.05) is 57.9 Å². The Hall–Kier alpha value is -3.48. The van der Waals surface area contributed by atoms with Crippen LogP contribution in [0.25, 0.3) is 22.0 Å². The third-order valence-electron chi connectivity index (χ3n) is 7.16. The van der Waals surface area contributed by atoms with Crippen molar-refractivity contribution < 1.29 is 26.7 Å². The van der Waals surface area contributed by atoms with Crippen molar-refractivity contribution in [2.24, 2.45) is 7.05 Å². The number of pyridine rings is 1. The van der Waals surface area contributed by atoms with Gasteiger partial charge in [-0.25, -0.2) is 17.2 Å². The van der Waals surface area contributed by atoms with E-state index in [2.05, 4.69) is 19.6 Å². The zero-order chi connectivity index (χ0) is 31.0. The number of aromatic nitrogens is 2. The molecule has 2 heterocycles. The molecule has 0 aliphatic heterocycles. The van der Waals surface area contributed by atoms with Crippen molar-refractivity contribution >= 4 is 34.7 Å². The van der Waals surface area contributed by atoms with Gasteiger partial charge in [0.1, 0.15) is 18.3 Å². The normalized spacial score (nSPS) is 12.2. The Labute approximate surface area is 246 Å². The highest BCUT2D eigenvalue weighted by Crippen LogP contribution is 2.40. The SMILES string of the molecule is CCS(=O)(=O)N(C)c1ccc(Oc2ccc(F)cc2F)c(-c2cn(C)c(=O)c3cc(C)n(COCC[Si](C)(C)C)c23)c1. The summed E-state index contributed by atoms with van der Waals surface area (Å²) in [6, 6.07) is 10.5. The summed E-state index contributed by atoms with van der Waals surface area (Å²) in [5.41, 5.74) is 2.48. The fraction of sp³-hybridized carbons (Fsp3) is 0.367. The minimum Gasteiger partial charge on any atom is -0.454 e. The second-order valence-corrected chi connectivity index (χ2v) is 19.4. The first-order valence-electron chi connectivity index (χ1n) is 13.6. The van der Waals surface area contributed by atoms with Gasteiger partial charge in [-0.1, -0.05) is 19.6 Å². The number of hydrogen-bond donors (Lipinski definition) is 0. The van der Waals surface area contributed by atoms with Crippen LogP contribution in [-0.4, -0.2) is 45.0 Å². The lowest BCUT2D eigenvalue weighted by Crippen LogP contribution is -2.28. The van der Waals surface area contributed by atoms with Gasteiger partial charge in [-0.15, -0.1) is 0 Å². The molecule has 4 aromatic rings. The number of rotatable bonds is 11. The predicted octanol–water partition coefficient (Wildman–Crippen LogP) is 6.48. The van der Waals surface area contributed by atoms with Gasteiger partial charge < -0.3 is 18.6 Å². The van der Waals surface area contributed by atoms with Crippen molar-refractivity contribution in [2.75, 3.05) is 23.7 Å². The van der Waals surface area contributed by atoms with E-state index in [4.69, 9.17) is 9.47 Å². The van der Waals surface area contributed by atoms with Crippen molar-refractivity contribution in [1.82, 2.24) is 9.13 Å². The molecule has 0 fully saturated rings. The lowest BCUT2D eigenvalue weighted by Gasteiger charge is -2.22. The van der Waals surface area contributed by atoms with Crippen LogP contribution >= 0.6 is 0 Å². The van der Waals surface area contributed by atoms with Crippen molar-refractivity contribution in [3.8, 4) is 22.6 Å². The molecule has 2 aromatic carbocycles. The van der Waals surface area contributed by atoms with Crippen LogP contribution in [0.5, 0.6) is 11.5 Å². The van der Waals surface area contributed by atoms with E-state index in [-0.39, 0.29) is 29.5 Å². The van der Waals surface area contributed by atoms with E-state index < -0.39 is 29.7 Å². The van der Waals surface area contributed by atoms with E-state index in [1.165, 1.54) is 28.1 Å². The van der Waals surface area contributed by atoms with Crippen LogP contribution in [0.4, 0.5) is 14.5 Å². The molecule has 4 rings (SSSR count). The van der Waals surface area contributed by atoms with Gasteiger partial charge in [-0.2, -0.15) is 0 Å². The van der Waals surface area contributed by atoms with E-state index in [1.807, 2.05) is 11.5 Å². The molecular weight excluding hydrogens is 580 g/mol. The average Bonchev–Trinajstić information content (AvgIpc) is 3.25. The maximum absolute atomic E-state index is 14.7. The molecule has 0 N–H and O–H groups in total. The molecule has 0 aliphatic carbocycles. The molecular formula is C30H37F2N3O5SSi. The molecule has 0 spiro atoms. The highest BCUT2D eigenvalue weighted by atomic mass is 32.2. The second-order valence-electron chi connectivity index (χ2n) is 11.5. The van der Waals surface area contributed by atoms with Crippen LogP contribution in [0.15, 0.2) is 53.5 Å².